The summed E-state index contributed by atoms with van der Waals surface area (Å²) in [5.41, 5.74) is -0.250. The molecule has 144 valence electrons. The number of carbonyl (C=O) groups is 1. The average molecular weight is 411 g/mol. The number of aromatic nitrogens is 2. The van der Waals surface area contributed by atoms with E-state index in [0.717, 1.165) is 18.2 Å². The van der Waals surface area contributed by atoms with E-state index in [1.807, 2.05) is 0 Å². The summed E-state index contributed by atoms with van der Waals surface area (Å²) in [6.45, 7) is 2.36. The molecular formula is C16H19Cl2F3N4O. The number of anilines is 1. The number of benzene rings is 1. The van der Waals surface area contributed by atoms with Gasteiger partial charge < -0.3 is 10.6 Å². The van der Waals surface area contributed by atoms with Gasteiger partial charge in [-0.2, -0.15) is 18.3 Å². The quantitative estimate of drug-likeness (QED) is 0.701. The summed E-state index contributed by atoms with van der Waals surface area (Å²) in [7, 11) is 1.78. The Morgan fingerprint density at radius 3 is 2.62 bits per heavy atom. The summed E-state index contributed by atoms with van der Waals surface area (Å²) < 4.78 is 40.1. The van der Waals surface area contributed by atoms with Gasteiger partial charge in [-0.25, -0.2) is 4.68 Å². The molecule has 2 aromatic rings. The van der Waals surface area contributed by atoms with Crippen molar-refractivity contribution in [2.24, 2.45) is 0 Å². The van der Waals surface area contributed by atoms with Crippen LogP contribution in [0.4, 0.5) is 19.0 Å². The summed E-state index contributed by atoms with van der Waals surface area (Å²) in [6.07, 6.45) is -3.58. The van der Waals surface area contributed by atoms with Gasteiger partial charge in [0.1, 0.15) is 5.82 Å². The van der Waals surface area contributed by atoms with E-state index in [2.05, 4.69) is 15.7 Å². The lowest BCUT2D eigenvalue weighted by atomic mass is 10.2. The second kappa shape index (κ2) is 9.25. The van der Waals surface area contributed by atoms with Crippen molar-refractivity contribution in [2.45, 2.75) is 25.9 Å². The maximum Gasteiger partial charge on any atom is 0.416 e. The van der Waals surface area contributed by atoms with E-state index in [1.54, 1.807) is 20.0 Å². The summed E-state index contributed by atoms with van der Waals surface area (Å²) in [5.74, 6) is 0.0210. The molecule has 0 aliphatic rings. The molecule has 1 aromatic carbocycles. The first-order valence-electron chi connectivity index (χ1n) is 7.60. The van der Waals surface area contributed by atoms with Crippen molar-refractivity contribution in [1.82, 2.24) is 15.1 Å². The summed E-state index contributed by atoms with van der Waals surface area (Å²) in [4.78, 5) is 12.0. The van der Waals surface area contributed by atoms with E-state index >= 15 is 0 Å². The molecule has 0 spiro atoms. The Labute approximate surface area is 160 Å². The molecule has 0 unspecified atom stereocenters. The number of nitrogens with zero attached hydrogens (tertiary/aromatic N) is 2. The van der Waals surface area contributed by atoms with Gasteiger partial charge in [0.05, 0.1) is 22.0 Å². The topological polar surface area (TPSA) is 59.0 Å². The molecule has 10 heteroatoms. The van der Waals surface area contributed by atoms with E-state index in [-0.39, 0.29) is 41.3 Å². The molecule has 26 heavy (non-hydrogen) atoms. The molecule has 5 nitrogen and oxygen atoms in total. The zero-order valence-electron chi connectivity index (χ0n) is 14.2. The van der Waals surface area contributed by atoms with Gasteiger partial charge in [0.15, 0.2) is 0 Å². The van der Waals surface area contributed by atoms with Crippen LogP contribution in [0.3, 0.4) is 0 Å². The van der Waals surface area contributed by atoms with E-state index in [1.165, 1.54) is 4.68 Å². The summed E-state index contributed by atoms with van der Waals surface area (Å²) in [5, 5.41) is 9.85. The second-order valence-electron chi connectivity index (χ2n) is 5.50. The van der Waals surface area contributed by atoms with Crippen LogP contribution in [-0.4, -0.2) is 29.3 Å². The number of nitrogens with one attached hydrogen (secondary N) is 2. The molecule has 0 aliphatic carbocycles. The van der Waals surface area contributed by atoms with Crippen LogP contribution in [0, 0.1) is 6.92 Å². The lowest BCUT2D eigenvalue weighted by molar-refractivity contribution is -0.137. The third-order valence-electron chi connectivity index (χ3n) is 3.43. The largest absolute Gasteiger partial charge is 0.416 e. The van der Waals surface area contributed by atoms with E-state index in [4.69, 9.17) is 11.6 Å². The summed E-state index contributed by atoms with van der Waals surface area (Å²) >= 11 is 6.05. The van der Waals surface area contributed by atoms with Crippen LogP contribution in [0.25, 0.3) is 5.69 Å². The normalized spacial score (nSPS) is 11.2. The predicted octanol–water partition coefficient (Wildman–Crippen LogP) is 4.21. The molecule has 2 rings (SSSR count). The van der Waals surface area contributed by atoms with Crippen molar-refractivity contribution in [1.29, 1.82) is 0 Å². The number of aryl methyl sites for hydroxylation is 1. The minimum atomic E-state index is -4.50. The number of hydrogen-bond donors (Lipinski definition) is 2. The van der Waals surface area contributed by atoms with Gasteiger partial charge >= 0.3 is 6.18 Å². The Kier molecular flexibility index (Phi) is 7.92. The minimum absolute atomic E-state index is 0. The van der Waals surface area contributed by atoms with Gasteiger partial charge in [0.2, 0.25) is 5.91 Å². The molecule has 0 radical (unpaired) electrons. The van der Waals surface area contributed by atoms with Crippen molar-refractivity contribution in [3.8, 4) is 5.69 Å². The number of halogens is 5. The number of alkyl halides is 3. The van der Waals surface area contributed by atoms with Crippen molar-refractivity contribution in [3.05, 3.63) is 40.5 Å². The Morgan fingerprint density at radius 2 is 2.00 bits per heavy atom. The predicted molar refractivity (Wildman–Crippen MR) is 97.4 cm³/mol. The highest BCUT2D eigenvalue weighted by Gasteiger charge is 2.31. The van der Waals surface area contributed by atoms with Crippen molar-refractivity contribution in [2.75, 3.05) is 18.9 Å². The molecule has 1 amide bonds. The Balaban J connectivity index is 0.00000338. The van der Waals surface area contributed by atoms with E-state index < -0.39 is 11.7 Å². The lowest BCUT2D eigenvalue weighted by Crippen LogP contribution is -2.17. The second-order valence-corrected chi connectivity index (χ2v) is 5.91. The Bertz CT molecular complexity index is 762. The van der Waals surface area contributed by atoms with Crippen LogP contribution in [0.15, 0.2) is 24.3 Å². The maximum atomic E-state index is 13.0. The highest BCUT2D eigenvalue weighted by Crippen LogP contribution is 2.34. The van der Waals surface area contributed by atoms with Gasteiger partial charge in [0, 0.05) is 12.5 Å². The van der Waals surface area contributed by atoms with Crippen LogP contribution < -0.4 is 10.6 Å². The molecule has 0 aliphatic heterocycles. The zero-order chi connectivity index (χ0) is 18.6. The molecule has 1 heterocycles. The first kappa shape index (κ1) is 22.3. The number of rotatable bonds is 6. The first-order chi connectivity index (χ1) is 11.7. The Hall–Kier alpha value is -1.77. The zero-order valence-corrected chi connectivity index (χ0v) is 15.7. The van der Waals surface area contributed by atoms with Gasteiger partial charge in [0.25, 0.3) is 0 Å². The molecule has 0 saturated carbocycles. The van der Waals surface area contributed by atoms with E-state index in [9.17, 15) is 18.0 Å². The Morgan fingerprint density at radius 1 is 1.31 bits per heavy atom. The maximum absolute atomic E-state index is 13.0. The van der Waals surface area contributed by atoms with Gasteiger partial charge in [-0.05, 0) is 45.1 Å². The van der Waals surface area contributed by atoms with Crippen molar-refractivity contribution in [3.63, 3.8) is 0 Å². The van der Waals surface area contributed by atoms with Gasteiger partial charge in [-0.3, -0.25) is 4.79 Å². The fourth-order valence-corrected chi connectivity index (χ4v) is 2.45. The molecule has 0 bridgehead atoms. The highest BCUT2D eigenvalue weighted by molar-refractivity contribution is 6.32. The summed E-state index contributed by atoms with van der Waals surface area (Å²) in [6, 6.07) is 4.55. The fourth-order valence-electron chi connectivity index (χ4n) is 2.25. The molecule has 0 fully saturated rings. The highest BCUT2D eigenvalue weighted by atomic mass is 35.5. The van der Waals surface area contributed by atoms with Crippen LogP contribution in [-0.2, 0) is 11.0 Å². The van der Waals surface area contributed by atoms with Crippen LogP contribution in [0.5, 0.6) is 0 Å². The molecule has 2 N–H and O–H groups in total. The van der Waals surface area contributed by atoms with Gasteiger partial charge in [-0.1, -0.05) is 11.6 Å². The third kappa shape index (κ3) is 5.62. The number of carbonyl (C=O) groups excluding carboxylic acids is 1. The number of hydrogen-bond acceptors (Lipinski definition) is 3. The average Bonchev–Trinajstić information content (AvgIpc) is 2.87. The van der Waals surface area contributed by atoms with Crippen LogP contribution >= 0.6 is 24.0 Å². The van der Waals surface area contributed by atoms with E-state index in [0.29, 0.717) is 18.7 Å². The first-order valence-corrected chi connectivity index (χ1v) is 7.98. The molecule has 0 saturated heterocycles. The SMILES string of the molecule is CNCCCC(=O)Nc1cc(C)nn1-c1cc(C(F)(F)F)ccc1Cl.Cl. The number of amides is 1. The molecular weight excluding hydrogens is 392 g/mol. The van der Waals surface area contributed by atoms with Crippen LogP contribution in [0.2, 0.25) is 5.02 Å². The van der Waals surface area contributed by atoms with Crippen molar-refractivity contribution >= 4 is 35.7 Å². The third-order valence-corrected chi connectivity index (χ3v) is 3.75. The lowest BCUT2D eigenvalue weighted by Gasteiger charge is -2.13. The standard InChI is InChI=1S/C16H18ClF3N4O.ClH/c1-10-8-14(22-15(25)4-3-7-21-2)24(23-10)13-9-11(16(18,19)20)5-6-12(13)17;/h5-6,8-9,21H,3-4,7H2,1-2H3,(H,22,25);1H. The van der Waals surface area contributed by atoms with Crippen LogP contribution in [0.1, 0.15) is 24.1 Å². The van der Waals surface area contributed by atoms with Crippen molar-refractivity contribution < 1.29 is 18.0 Å². The molecule has 1 aromatic heterocycles. The monoisotopic (exact) mass is 410 g/mol. The fraction of sp³-hybridized carbons (Fsp3) is 0.375. The minimum Gasteiger partial charge on any atom is -0.320 e. The van der Waals surface area contributed by atoms with Gasteiger partial charge in [-0.15, -0.1) is 12.4 Å². The molecule has 0 atom stereocenters. The smallest absolute Gasteiger partial charge is 0.320 e.